The van der Waals surface area contributed by atoms with Crippen LogP contribution in [0.3, 0.4) is 0 Å². The molecule has 10 heteroatoms. The van der Waals surface area contributed by atoms with Crippen LogP contribution in [0.2, 0.25) is 0 Å². The average Bonchev–Trinajstić information content (AvgIpc) is 2.68. The Kier molecular flexibility index (Phi) is 9.84. The monoisotopic (exact) mass is 506 g/mol. The Morgan fingerprint density at radius 2 is 1.63 bits per heavy atom. The largest absolute Gasteiger partial charge is 0.402 e. The molecule has 3 saturated heterocycles. The third-order valence-electron chi connectivity index (χ3n) is 5.84. The average molecular weight is 506 g/mol. The van der Waals surface area contributed by atoms with E-state index in [9.17, 15) is 4.79 Å². The van der Waals surface area contributed by atoms with Crippen LogP contribution >= 0.6 is 0 Å². The standard InChI is InChI=1S/C20H33O9.Y/c1-10-14(22-5)18(24-7)15(11(2)26-10)28-19-12(8-21)16(23-6)17-13(27-19)9-25-20(3,4)29-17;/h8,10-19H,2,9H2,1,3-7H3;/q-1;. The van der Waals surface area contributed by atoms with Crippen molar-refractivity contribution < 1.29 is 75.4 Å². The maximum absolute atomic E-state index is 12.0. The van der Waals surface area contributed by atoms with Gasteiger partial charge in [-0.1, -0.05) is 0 Å². The van der Waals surface area contributed by atoms with Crippen LogP contribution in [-0.2, 0) is 75.4 Å². The molecule has 0 N–H and O–H groups in total. The quantitative estimate of drug-likeness (QED) is 0.382. The van der Waals surface area contributed by atoms with Gasteiger partial charge in [-0.15, -0.1) is 0 Å². The molecule has 0 aromatic heterocycles. The van der Waals surface area contributed by atoms with Crippen molar-refractivity contribution in [2.75, 3.05) is 27.9 Å². The molecule has 3 aliphatic heterocycles. The number of methoxy groups -OCH3 is 3. The summed E-state index contributed by atoms with van der Waals surface area (Å²) in [4.78, 5) is 12.0. The van der Waals surface area contributed by atoms with Gasteiger partial charge < -0.3 is 49.6 Å². The summed E-state index contributed by atoms with van der Waals surface area (Å²) in [6, 6.07) is 0. The number of hydrogen-bond donors (Lipinski definition) is 0. The van der Waals surface area contributed by atoms with Crippen molar-refractivity contribution in [3.05, 3.63) is 6.92 Å². The zero-order chi connectivity index (χ0) is 21.3. The molecule has 10 unspecified atom stereocenters. The summed E-state index contributed by atoms with van der Waals surface area (Å²) in [7, 11) is 4.71. The number of carbonyl (C=O) groups is 1. The molecule has 0 saturated carbocycles. The predicted octanol–water partition coefficient (Wildman–Crippen LogP) is 0.727. The zero-order valence-corrected chi connectivity index (χ0v) is 21.4. The molecular weight excluding hydrogens is 473 g/mol. The van der Waals surface area contributed by atoms with E-state index in [0.717, 1.165) is 6.29 Å². The van der Waals surface area contributed by atoms with Gasteiger partial charge in [0.2, 0.25) is 0 Å². The second-order valence-electron chi connectivity index (χ2n) is 8.13. The third-order valence-corrected chi connectivity index (χ3v) is 5.84. The fourth-order valence-corrected chi connectivity index (χ4v) is 4.41. The second kappa shape index (κ2) is 11.1. The summed E-state index contributed by atoms with van der Waals surface area (Å²) < 4.78 is 46.7. The molecule has 0 bridgehead atoms. The summed E-state index contributed by atoms with van der Waals surface area (Å²) in [5.74, 6) is -1.50. The van der Waals surface area contributed by atoms with Crippen molar-refractivity contribution in [2.45, 2.75) is 81.7 Å². The van der Waals surface area contributed by atoms with E-state index in [4.69, 9.17) is 37.9 Å². The minimum absolute atomic E-state index is 0. The van der Waals surface area contributed by atoms with Crippen LogP contribution in [0.1, 0.15) is 20.8 Å². The minimum atomic E-state index is -0.895. The van der Waals surface area contributed by atoms with E-state index >= 15 is 0 Å². The van der Waals surface area contributed by atoms with Crippen LogP contribution < -0.4 is 0 Å². The Morgan fingerprint density at radius 3 is 2.20 bits per heavy atom. The van der Waals surface area contributed by atoms with Gasteiger partial charge in [-0.25, -0.2) is 0 Å². The number of fused-ring (bicyclic) bond motifs is 1. The first-order valence-corrected chi connectivity index (χ1v) is 9.91. The molecule has 10 atom stereocenters. The van der Waals surface area contributed by atoms with E-state index in [1.165, 1.54) is 0 Å². The molecule has 30 heavy (non-hydrogen) atoms. The summed E-state index contributed by atoms with van der Waals surface area (Å²) in [6.07, 6.45) is -3.73. The van der Waals surface area contributed by atoms with E-state index in [1.54, 1.807) is 21.3 Å². The molecule has 3 rings (SSSR count). The first-order valence-electron chi connectivity index (χ1n) is 9.91. The van der Waals surface area contributed by atoms with Gasteiger partial charge in [-0.2, -0.15) is 0 Å². The van der Waals surface area contributed by atoms with Gasteiger partial charge >= 0.3 is 0 Å². The summed E-state index contributed by atoms with van der Waals surface area (Å²) in [6.45, 7) is 9.86. The molecule has 0 spiro atoms. The zero-order valence-electron chi connectivity index (χ0n) is 18.5. The number of aldehydes is 1. The van der Waals surface area contributed by atoms with Crippen molar-refractivity contribution in [1.82, 2.24) is 0 Å². The Bertz CT molecular complexity index is 562. The van der Waals surface area contributed by atoms with Gasteiger partial charge in [0.05, 0.1) is 24.7 Å². The Balaban J connectivity index is 0.00000320. The van der Waals surface area contributed by atoms with Crippen LogP contribution in [0.4, 0.5) is 0 Å². The molecule has 1 radical (unpaired) electrons. The molecule has 3 fully saturated rings. The van der Waals surface area contributed by atoms with Crippen LogP contribution in [-0.4, -0.2) is 95.1 Å². The Morgan fingerprint density at radius 1 is 1.00 bits per heavy atom. The molecule has 3 aliphatic rings. The van der Waals surface area contributed by atoms with Gasteiger partial charge in [0.25, 0.3) is 0 Å². The first kappa shape index (κ1) is 26.7. The maximum atomic E-state index is 12.0. The molecule has 9 nitrogen and oxygen atoms in total. The van der Waals surface area contributed by atoms with Crippen LogP contribution in [0.15, 0.2) is 0 Å². The number of carbonyl (C=O) groups excluding carboxylic acids is 1. The maximum Gasteiger partial charge on any atom is 0.170 e. The molecule has 0 aliphatic carbocycles. The van der Waals surface area contributed by atoms with Crippen molar-refractivity contribution in [1.29, 1.82) is 0 Å². The van der Waals surface area contributed by atoms with E-state index in [1.807, 2.05) is 20.8 Å². The first-order chi connectivity index (χ1) is 13.8. The summed E-state index contributed by atoms with van der Waals surface area (Å²) in [5, 5.41) is 0. The van der Waals surface area contributed by atoms with Crippen LogP contribution in [0, 0.1) is 12.8 Å². The third kappa shape index (κ3) is 5.33. The number of hydrogen-bond acceptors (Lipinski definition) is 9. The van der Waals surface area contributed by atoms with Gasteiger partial charge in [-0.05, 0) is 26.9 Å². The SMILES string of the molecule is [CH2-]C1OC(C)C(OC)C(OC)C1OC1OC2COC(C)(C)OC2C(OC)C1C=O.[Y]. The molecular formula is C20H33O9Y-. The Hall–Kier alpha value is 0.454. The molecule has 0 aromatic carbocycles. The minimum Gasteiger partial charge on any atom is -0.402 e. The summed E-state index contributed by atoms with van der Waals surface area (Å²) >= 11 is 0. The van der Waals surface area contributed by atoms with Crippen molar-refractivity contribution in [3.63, 3.8) is 0 Å². The predicted molar refractivity (Wildman–Crippen MR) is 100 cm³/mol. The smallest absolute Gasteiger partial charge is 0.170 e. The van der Waals surface area contributed by atoms with Gasteiger partial charge in [0, 0.05) is 54.0 Å². The van der Waals surface area contributed by atoms with E-state index in [0.29, 0.717) is 6.61 Å². The second-order valence-corrected chi connectivity index (χ2v) is 8.13. The Labute approximate surface area is 203 Å². The van der Waals surface area contributed by atoms with E-state index in [2.05, 4.69) is 6.92 Å². The van der Waals surface area contributed by atoms with Crippen molar-refractivity contribution >= 4 is 6.29 Å². The fourth-order valence-electron chi connectivity index (χ4n) is 4.41. The van der Waals surface area contributed by atoms with Gasteiger partial charge in [-0.3, -0.25) is 0 Å². The normalized spacial score (nSPS) is 45.8. The molecule has 0 aromatic rings. The van der Waals surface area contributed by atoms with Gasteiger partial charge in [0.15, 0.2) is 12.1 Å². The van der Waals surface area contributed by atoms with Crippen molar-refractivity contribution in [2.24, 2.45) is 5.92 Å². The molecule has 3 heterocycles. The number of rotatable bonds is 6. The fraction of sp³-hybridized carbons (Fsp3) is 0.900. The molecule has 0 amide bonds. The van der Waals surface area contributed by atoms with E-state index < -0.39 is 54.6 Å². The van der Waals surface area contributed by atoms with Crippen molar-refractivity contribution in [3.8, 4) is 0 Å². The number of ether oxygens (including phenoxy) is 8. The van der Waals surface area contributed by atoms with E-state index in [-0.39, 0.29) is 44.9 Å². The molecule has 171 valence electrons. The van der Waals surface area contributed by atoms with Crippen LogP contribution in [0.25, 0.3) is 0 Å². The topological polar surface area (TPSA) is 90.9 Å². The van der Waals surface area contributed by atoms with Gasteiger partial charge in [0.1, 0.15) is 36.8 Å². The van der Waals surface area contributed by atoms with Crippen LogP contribution in [0.5, 0.6) is 0 Å². The summed E-state index contributed by atoms with van der Waals surface area (Å²) in [5.41, 5.74) is 0.